The van der Waals surface area contributed by atoms with Crippen LogP contribution in [0.25, 0.3) is 0 Å². The molecule has 1 aliphatic carbocycles. The zero-order chi connectivity index (χ0) is 8.10. The lowest BCUT2D eigenvalue weighted by Crippen LogP contribution is -2.04. The van der Waals surface area contributed by atoms with Gasteiger partial charge in [0.05, 0.1) is 0 Å². The minimum absolute atomic E-state index is 0.743. The van der Waals surface area contributed by atoms with Crippen LogP contribution in [0.1, 0.15) is 32.6 Å². The lowest BCUT2D eigenvalue weighted by atomic mass is 10.0. The second kappa shape index (κ2) is 4.35. The van der Waals surface area contributed by atoms with Crippen LogP contribution in [0.4, 0.5) is 0 Å². The second-order valence-electron chi connectivity index (χ2n) is 3.19. The van der Waals surface area contributed by atoms with Gasteiger partial charge in [0.25, 0.3) is 0 Å². The minimum atomic E-state index is 0.743. The van der Waals surface area contributed by atoms with E-state index in [1.165, 1.54) is 36.8 Å². The number of nitrogens with two attached hydrogens (primary N) is 1. The Bertz CT molecular complexity index is 177. The summed E-state index contributed by atoms with van der Waals surface area (Å²) in [6.45, 7) is 2.95. The smallest absolute Gasteiger partial charge is 0.0136 e. The van der Waals surface area contributed by atoms with E-state index in [1.54, 1.807) is 0 Å². The van der Waals surface area contributed by atoms with E-state index in [-0.39, 0.29) is 0 Å². The largest absolute Gasteiger partial charge is 0.327 e. The highest BCUT2D eigenvalue weighted by atomic mass is 14.5. The van der Waals surface area contributed by atoms with Gasteiger partial charge < -0.3 is 5.73 Å². The van der Waals surface area contributed by atoms with Crippen molar-refractivity contribution in [1.82, 2.24) is 0 Å². The fraction of sp³-hybridized carbons (Fsp3) is 0.600. The van der Waals surface area contributed by atoms with Gasteiger partial charge in [0.2, 0.25) is 0 Å². The van der Waals surface area contributed by atoms with Gasteiger partial charge in [-0.05, 0) is 32.6 Å². The lowest BCUT2D eigenvalue weighted by Gasteiger charge is -2.08. The molecule has 0 aliphatic heterocycles. The lowest BCUT2D eigenvalue weighted by molar-refractivity contribution is 0.843. The maximum atomic E-state index is 5.58. The number of hydrogen-bond acceptors (Lipinski definition) is 1. The third-order valence-electron chi connectivity index (χ3n) is 2.20. The molecule has 0 bridgehead atoms. The minimum Gasteiger partial charge on any atom is -0.327 e. The Balaban J connectivity index is 2.49. The molecule has 2 N–H and O–H groups in total. The molecule has 1 nitrogen and oxygen atoms in total. The molecule has 62 valence electrons. The Morgan fingerprint density at radius 1 is 1.27 bits per heavy atom. The molecular formula is C10H17N. The van der Waals surface area contributed by atoms with Gasteiger partial charge in [0.15, 0.2) is 0 Å². The van der Waals surface area contributed by atoms with Crippen LogP contribution < -0.4 is 5.73 Å². The van der Waals surface area contributed by atoms with Crippen LogP contribution in [0, 0.1) is 0 Å². The average Bonchev–Trinajstić information content (AvgIpc) is 1.98. The third kappa shape index (κ3) is 2.89. The van der Waals surface area contributed by atoms with Crippen molar-refractivity contribution in [3.63, 3.8) is 0 Å². The molecule has 11 heavy (non-hydrogen) atoms. The summed E-state index contributed by atoms with van der Waals surface area (Å²) >= 11 is 0. The molecule has 0 aromatic heterocycles. The summed E-state index contributed by atoms with van der Waals surface area (Å²) in [5.74, 6) is 0. The first-order valence-corrected chi connectivity index (χ1v) is 4.36. The second-order valence-corrected chi connectivity index (χ2v) is 3.19. The molecule has 0 heterocycles. The Hall–Kier alpha value is -0.560. The van der Waals surface area contributed by atoms with Gasteiger partial charge in [-0.15, -0.1) is 0 Å². The fourth-order valence-corrected chi connectivity index (χ4v) is 1.36. The van der Waals surface area contributed by atoms with E-state index in [1.807, 2.05) is 0 Å². The molecule has 0 saturated carbocycles. The van der Waals surface area contributed by atoms with Crippen LogP contribution in [-0.4, -0.2) is 6.54 Å². The zero-order valence-electron chi connectivity index (χ0n) is 7.27. The van der Waals surface area contributed by atoms with E-state index >= 15 is 0 Å². The summed E-state index contributed by atoms with van der Waals surface area (Å²) in [6, 6.07) is 0. The topological polar surface area (TPSA) is 26.0 Å². The highest BCUT2D eigenvalue weighted by Crippen LogP contribution is 2.15. The van der Waals surface area contributed by atoms with Gasteiger partial charge in [0.1, 0.15) is 0 Å². The molecule has 0 fully saturated rings. The van der Waals surface area contributed by atoms with Crippen LogP contribution in [0.15, 0.2) is 23.3 Å². The van der Waals surface area contributed by atoms with Crippen molar-refractivity contribution in [3.8, 4) is 0 Å². The summed E-state index contributed by atoms with van der Waals surface area (Å²) in [5.41, 5.74) is 8.53. The van der Waals surface area contributed by atoms with E-state index in [4.69, 9.17) is 5.73 Å². The maximum absolute atomic E-state index is 5.58. The third-order valence-corrected chi connectivity index (χ3v) is 2.20. The van der Waals surface area contributed by atoms with Gasteiger partial charge in [-0.2, -0.15) is 0 Å². The van der Waals surface area contributed by atoms with E-state index in [0.29, 0.717) is 0 Å². The Morgan fingerprint density at radius 2 is 2.00 bits per heavy atom. The van der Waals surface area contributed by atoms with E-state index < -0.39 is 0 Å². The zero-order valence-corrected chi connectivity index (χ0v) is 7.27. The Labute approximate surface area is 69.0 Å². The molecule has 0 saturated heterocycles. The predicted molar refractivity (Wildman–Crippen MR) is 49.4 cm³/mol. The summed E-state index contributed by atoms with van der Waals surface area (Å²) in [5, 5.41) is 0. The van der Waals surface area contributed by atoms with Crippen LogP contribution in [0.2, 0.25) is 0 Å². The van der Waals surface area contributed by atoms with Crippen molar-refractivity contribution in [2.45, 2.75) is 32.6 Å². The molecule has 0 amide bonds. The molecule has 0 aromatic carbocycles. The first-order chi connectivity index (χ1) is 5.33. The Morgan fingerprint density at radius 3 is 2.73 bits per heavy atom. The molecule has 1 rings (SSSR count). The summed E-state index contributed by atoms with van der Waals surface area (Å²) in [4.78, 5) is 0. The molecule has 0 atom stereocenters. The maximum Gasteiger partial charge on any atom is 0.0136 e. The van der Waals surface area contributed by atoms with Gasteiger partial charge >= 0.3 is 0 Å². The average molecular weight is 151 g/mol. The SMILES string of the molecule is C/C1=C\CC/C=C(/CN)CC1. The predicted octanol–water partition coefficient (Wildman–Crippen LogP) is 2.39. The van der Waals surface area contributed by atoms with Crippen molar-refractivity contribution in [2.75, 3.05) is 6.54 Å². The number of hydrogen-bond donors (Lipinski definition) is 1. The van der Waals surface area contributed by atoms with E-state index in [2.05, 4.69) is 19.1 Å². The highest BCUT2D eigenvalue weighted by molar-refractivity contribution is 5.11. The first kappa shape index (κ1) is 8.54. The first-order valence-electron chi connectivity index (χ1n) is 4.36. The number of rotatable bonds is 1. The summed E-state index contributed by atoms with van der Waals surface area (Å²) < 4.78 is 0. The van der Waals surface area contributed by atoms with Gasteiger partial charge in [-0.3, -0.25) is 0 Å². The van der Waals surface area contributed by atoms with Gasteiger partial charge in [-0.25, -0.2) is 0 Å². The van der Waals surface area contributed by atoms with Gasteiger partial charge in [-0.1, -0.05) is 23.3 Å². The van der Waals surface area contributed by atoms with Crippen LogP contribution >= 0.6 is 0 Å². The monoisotopic (exact) mass is 151 g/mol. The van der Waals surface area contributed by atoms with Crippen LogP contribution in [0.3, 0.4) is 0 Å². The molecular weight excluding hydrogens is 134 g/mol. The van der Waals surface area contributed by atoms with Crippen molar-refractivity contribution in [2.24, 2.45) is 5.73 Å². The fourth-order valence-electron chi connectivity index (χ4n) is 1.36. The van der Waals surface area contributed by atoms with Crippen molar-refractivity contribution in [1.29, 1.82) is 0 Å². The highest BCUT2D eigenvalue weighted by Gasteiger charge is 1.98. The van der Waals surface area contributed by atoms with E-state index in [9.17, 15) is 0 Å². The Kier molecular flexibility index (Phi) is 3.37. The quantitative estimate of drug-likeness (QED) is 0.572. The van der Waals surface area contributed by atoms with Crippen molar-refractivity contribution >= 4 is 0 Å². The van der Waals surface area contributed by atoms with Crippen LogP contribution in [-0.2, 0) is 0 Å². The molecule has 0 unspecified atom stereocenters. The molecule has 0 aromatic rings. The van der Waals surface area contributed by atoms with E-state index in [0.717, 1.165) is 6.54 Å². The molecule has 1 heteroatoms. The standard InChI is InChI=1S/C10H17N/c1-9-4-2-3-5-10(8-11)7-6-9/h4-5H,2-3,6-8,11H2,1H3/b9-4+,10-5+. The number of allylic oxidation sites excluding steroid dienone is 3. The van der Waals surface area contributed by atoms with Gasteiger partial charge in [0, 0.05) is 6.54 Å². The van der Waals surface area contributed by atoms with Crippen LogP contribution in [0.5, 0.6) is 0 Å². The molecule has 0 spiro atoms. The van der Waals surface area contributed by atoms with Crippen molar-refractivity contribution in [3.05, 3.63) is 23.3 Å². The summed E-state index contributed by atoms with van der Waals surface area (Å²) in [6.07, 6.45) is 9.35. The molecule has 1 aliphatic rings. The summed E-state index contributed by atoms with van der Waals surface area (Å²) in [7, 11) is 0. The normalized spacial score (nSPS) is 29.3. The molecule has 0 radical (unpaired) electrons. The van der Waals surface area contributed by atoms with Crippen molar-refractivity contribution < 1.29 is 0 Å².